The first-order chi connectivity index (χ1) is 38.9. The second-order valence-corrected chi connectivity index (χ2v) is 21.5. The summed E-state index contributed by atoms with van der Waals surface area (Å²) in [6.07, 6.45) is 0.667. The van der Waals surface area contributed by atoms with Crippen LogP contribution in [0.5, 0.6) is 0 Å². The van der Waals surface area contributed by atoms with Crippen LogP contribution in [0.3, 0.4) is 0 Å². The highest BCUT2D eigenvalue weighted by Gasteiger charge is 2.45. The predicted molar refractivity (Wildman–Crippen MR) is 302 cm³/mol. The first kappa shape index (κ1) is 52.4. The monoisotopic (exact) mass is 1090 g/mol. The molecule has 10 atom stereocenters. The number of urea groups is 1. The maximum atomic E-state index is 13.9. The van der Waals surface area contributed by atoms with Gasteiger partial charge in [0.15, 0.2) is 34.0 Å². The van der Waals surface area contributed by atoms with Gasteiger partial charge in [-0.05, 0) is 58.4 Å². The molecule has 0 radical (unpaired) electrons. The highest BCUT2D eigenvalue weighted by Crippen LogP contribution is 2.38. The second-order valence-electron chi connectivity index (χ2n) is 21.5. The van der Waals surface area contributed by atoms with Crippen molar-refractivity contribution in [3.63, 3.8) is 0 Å². The Morgan fingerprint density at radius 3 is 1.40 bits per heavy atom. The van der Waals surface area contributed by atoms with Crippen LogP contribution in [-0.4, -0.2) is 152 Å². The van der Waals surface area contributed by atoms with Crippen LogP contribution in [0.4, 0.5) is 28.3 Å². The van der Waals surface area contributed by atoms with E-state index < -0.39 is 48.6 Å². The minimum absolute atomic E-state index is 0.220. The Hall–Kier alpha value is -8.25. The predicted octanol–water partition coefficient (Wildman–Crippen LogP) is 3.78. The summed E-state index contributed by atoms with van der Waals surface area (Å²) in [6, 6.07) is 25.2. The molecule has 2 saturated heterocycles. The highest BCUT2D eigenvalue weighted by atomic mass is 16.3. The number of aliphatic hydroxyl groups excluding tert-OH is 4. The number of nitrogens with one attached hydrogen (secondary N) is 6. The minimum atomic E-state index is -1.20. The molecular formula is C57H66N16O7. The number of aromatic nitrogens is 8. The van der Waals surface area contributed by atoms with Gasteiger partial charge in [0.2, 0.25) is 23.7 Å². The number of imidazole rings is 2. The first-order valence-corrected chi connectivity index (χ1v) is 27.7. The number of rotatable bonds is 16. The number of hydrogen-bond donors (Lipinski definition) is 10. The molecule has 8 aromatic rings. The zero-order chi connectivity index (χ0) is 55.2. The van der Waals surface area contributed by atoms with Crippen LogP contribution < -0.4 is 41.7 Å². The van der Waals surface area contributed by atoms with Gasteiger partial charge in [0.1, 0.15) is 24.4 Å². The summed E-state index contributed by atoms with van der Waals surface area (Å²) in [7, 11) is 0. The first-order valence-electron chi connectivity index (χ1n) is 27.7. The number of benzene rings is 4. The van der Waals surface area contributed by atoms with Crippen molar-refractivity contribution in [1.82, 2.24) is 60.3 Å². The Labute approximate surface area is 460 Å². The van der Waals surface area contributed by atoms with E-state index in [9.17, 15) is 34.8 Å². The molecule has 0 spiro atoms. The van der Waals surface area contributed by atoms with Gasteiger partial charge >= 0.3 is 6.03 Å². The van der Waals surface area contributed by atoms with E-state index in [0.717, 1.165) is 32.7 Å². The Bertz CT molecular complexity index is 3370. The van der Waals surface area contributed by atoms with E-state index in [1.165, 1.54) is 0 Å². The molecule has 80 heavy (non-hydrogen) atoms. The largest absolute Gasteiger partial charge is 0.388 e. The van der Waals surface area contributed by atoms with Crippen molar-refractivity contribution in [3.8, 4) is 0 Å². The van der Waals surface area contributed by atoms with E-state index in [1.54, 1.807) is 35.6 Å². The van der Waals surface area contributed by atoms with Crippen LogP contribution in [0.25, 0.3) is 43.9 Å². The highest BCUT2D eigenvalue weighted by molar-refractivity contribution is 5.89. The fraction of sp³-hybridized carbons (Fsp3) is 0.421. The summed E-state index contributed by atoms with van der Waals surface area (Å²) in [5, 5.41) is 68.4. The van der Waals surface area contributed by atoms with Gasteiger partial charge in [0.05, 0.1) is 36.8 Å². The summed E-state index contributed by atoms with van der Waals surface area (Å²) in [5.41, 5.74) is 4.01. The summed E-state index contributed by atoms with van der Waals surface area (Å²) in [6.45, 7) is 6.25. The quantitative estimate of drug-likeness (QED) is 0.0659. The number of carbonyl (C=O) groups excluding carboxylic acids is 3. The van der Waals surface area contributed by atoms with Gasteiger partial charge in [0, 0.05) is 64.2 Å². The van der Waals surface area contributed by atoms with Crippen molar-refractivity contribution in [1.29, 1.82) is 0 Å². The van der Waals surface area contributed by atoms with E-state index in [1.807, 2.05) is 46.2 Å². The number of aliphatic hydroxyl groups is 4. The molecule has 6 heterocycles. The number of fused-ring (bicyclic) bond motifs is 4. The maximum absolute atomic E-state index is 13.9. The van der Waals surface area contributed by atoms with Crippen molar-refractivity contribution in [3.05, 3.63) is 109 Å². The van der Waals surface area contributed by atoms with Crippen molar-refractivity contribution < 1.29 is 34.8 Å². The summed E-state index contributed by atoms with van der Waals surface area (Å²) >= 11 is 0. The van der Waals surface area contributed by atoms with Crippen LogP contribution in [0.2, 0.25) is 0 Å². The zero-order valence-corrected chi connectivity index (χ0v) is 44.5. The Balaban J connectivity index is 0.754. The molecular weight excluding hydrogens is 1020 g/mol. The smallest absolute Gasteiger partial charge is 0.315 e. The average Bonchev–Trinajstić information content (AvgIpc) is 4.40. The summed E-state index contributed by atoms with van der Waals surface area (Å²) < 4.78 is 3.52. The van der Waals surface area contributed by atoms with Crippen molar-refractivity contribution >= 4 is 85.3 Å². The number of amides is 4. The Kier molecular flexibility index (Phi) is 14.5. The lowest BCUT2D eigenvalue weighted by Gasteiger charge is -2.22. The molecule has 0 bridgehead atoms. The number of hydrogen-bond acceptors (Lipinski definition) is 17. The van der Waals surface area contributed by atoms with Crippen molar-refractivity contribution in [2.75, 3.05) is 46.6 Å². The van der Waals surface area contributed by atoms with Crippen LogP contribution >= 0.6 is 0 Å². The molecule has 416 valence electrons. The van der Waals surface area contributed by atoms with Gasteiger partial charge in [-0.15, -0.1) is 0 Å². The minimum Gasteiger partial charge on any atom is -0.388 e. The average molecular weight is 1090 g/mol. The van der Waals surface area contributed by atoms with Gasteiger partial charge in [0.25, 0.3) is 0 Å². The number of carbonyl (C=O) groups is 3. The van der Waals surface area contributed by atoms with Gasteiger partial charge < -0.3 is 71.3 Å². The summed E-state index contributed by atoms with van der Waals surface area (Å²) in [4.78, 5) is 72.3. The molecule has 2 aliphatic carbocycles. The van der Waals surface area contributed by atoms with Crippen LogP contribution in [0.15, 0.2) is 97.6 Å². The molecule has 2 aliphatic heterocycles. The van der Waals surface area contributed by atoms with E-state index in [2.05, 4.69) is 80.4 Å². The van der Waals surface area contributed by atoms with Crippen molar-refractivity contribution in [2.45, 2.75) is 126 Å². The van der Waals surface area contributed by atoms with E-state index in [-0.39, 0.29) is 55.6 Å². The summed E-state index contributed by atoms with van der Waals surface area (Å²) in [5.74, 6) is 1.35. The second kappa shape index (κ2) is 22.1. The molecule has 12 rings (SSSR count). The van der Waals surface area contributed by atoms with Gasteiger partial charge in [-0.1, -0.05) is 98.8 Å². The molecule has 4 aromatic heterocycles. The van der Waals surface area contributed by atoms with Gasteiger partial charge in [-0.3, -0.25) is 9.59 Å². The Morgan fingerprint density at radius 1 is 0.537 bits per heavy atom. The van der Waals surface area contributed by atoms with Crippen LogP contribution in [0, 0.1) is 0 Å². The molecule has 2 saturated carbocycles. The third-order valence-electron chi connectivity index (χ3n) is 16.4. The number of anilines is 4. The van der Waals surface area contributed by atoms with Crippen LogP contribution in [-0.2, 0) is 22.7 Å². The molecule has 4 amide bonds. The molecule has 23 nitrogen and oxygen atoms in total. The lowest BCUT2D eigenvalue weighted by molar-refractivity contribution is -0.123. The van der Waals surface area contributed by atoms with E-state index in [4.69, 9.17) is 29.9 Å². The molecule has 0 unspecified atom stereocenters. The van der Waals surface area contributed by atoms with Gasteiger partial charge in [-0.2, -0.15) is 19.9 Å². The SMILES string of the molecule is CCC(=O)N[C@H]1C[C@@H](n2cnc3c(NCc4cccc5ccccc45)nc(N4CC[C@@H](NC(=O)N[C@@H]5CCN(c6nc(NCc7cccc8ccccc78)c7ncn([C@@H]8C[C@H](NC(=O)CC)[C@@H](O)[C@H]8O)c7n6)C5)C4)nc32)[C@H](O)[C@@H]1O. The molecule has 4 aromatic carbocycles. The van der Waals surface area contributed by atoms with E-state index >= 15 is 0 Å². The maximum Gasteiger partial charge on any atom is 0.315 e. The third kappa shape index (κ3) is 10.2. The zero-order valence-electron chi connectivity index (χ0n) is 44.5. The van der Waals surface area contributed by atoms with Crippen LogP contribution in [0.1, 0.15) is 75.6 Å². The van der Waals surface area contributed by atoms with Crippen molar-refractivity contribution in [2.24, 2.45) is 0 Å². The standard InChI is InChI=1S/C57H66N16O7/c1-3-43(74)64-39-23-41(49(78)47(39)76)72-29-60-45-51(58-25-33-15-9-13-31-11-5-7-17-37(31)33)66-55(68-53(45)72)70-21-19-35(27-70)62-57(80)63-36-20-22-71(28-36)56-67-52(59-26-34-16-10-14-32-12-6-8-18-38(32)34)46-54(69-56)73(30-61-46)42-24-40(48(77)50(42)79)65-44(75)4-2/h5-18,29-30,35-36,39-42,47-50,76-79H,3-4,19-28H2,1-2H3,(H,64,74)(H,65,75)(H,58,66,68)(H,59,67,69)(H2,62,63,80)/t35-,36-,39+,40+,41-,42-,47-,48-,49+,50+/m1/s1. The lowest BCUT2D eigenvalue weighted by Crippen LogP contribution is -2.48. The fourth-order valence-corrected chi connectivity index (χ4v) is 12.1. The number of nitrogens with zero attached hydrogens (tertiary/aromatic N) is 10. The molecule has 10 N–H and O–H groups in total. The Morgan fingerprint density at radius 2 is 0.963 bits per heavy atom. The van der Waals surface area contributed by atoms with Gasteiger partial charge in [-0.25, -0.2) is 14.8 Å². The third-order valence-corrected chi connectivity index (χ3v) is 16.4. The van der Waals surface area contributed by atoms with E-state index in [0.29, 0.717) is 98.0 Å². The normalized spacial score (nSPS) is 24.8. The molecule has 4 aliphatic rings. The molecule has 4 fully saturated rings. The molecule has 23 heteroatoms. The fourth-order valence-electron chi connectivity index (χ4n) is 12.1. The topological polar surface area (TPSA) is 298 Å². The lowest BCUT2D eigenvalue weighted by atomic mass is 10.0.